The Morgan fingerprint density at radius 2 is 2.05 bits per heavy atom. The maximum Gasteiger partial charge on any atom is 0.251 e. The van der Waals surface area contributed by atoms with Crippen molar-refractivity contribution in [3.63, 3.8) is 0 Å². The van der Waals surface area contributed by atoms with Gasteiger partial charge in [-0.05, 0) is 60.4 Å². The van der Waals surface area contributed by atoms with Crippen molar-refractivity contribution in [2.75, 3.05) is 18.2 Å². The Morgan fingerprint density at radius 3 is 2.73 bits per heavy atom. The minimum absolute atomic E-state index is 0.105. The molecule has 1 atom stereocenters. The molecule has 0 fully saturated rings. The number of benzene rings is 1. The lowest BCUT2D eigenvalue weighted by Crippen LogP contribution is -2.26. The van der Waals surface area contributed by atoms with Crippen LogP contribution in [0, 0.1) is 22.7 Å². The van der Waals surface area contributed by atoms with Crippen LogP contribution < -0.4 is 15.4 Å². The largest absolute Gasteiger partial charge is 0.497 e. The van der Waals surface area contributed by atoms with Gasteiger partial charge in [-0.3, -0.25) is 14.7 Å². The van der Waals surface area contributed by atoms with Gasteiger partial charge in [0.25, 0.3) is 5.91 Å². The van der Waals surface area contributed by atoms with Crippen molar-refractivity contribution in [2.45, 2.75) is 51.7 Å². The molecular weight excluding hydrogens is 508 g/mol. The van der Waals surface area contributed by atoms with Crippen molar-refractivity contribution >= 4 is 39.9 Å². The number of amides is 2. The van der Waals surface area contributed by atoms with Gasteiger partial charge in [-0.2, -0.15) is 5.26 Å². The van der Waals surface area contributed by atoms with Gasteiger partial charge in [0.15, 0.2) is 0 Å². The van der Waals surface area contributed by atoms with E-state index in [1.165, 1.54) is 28.0 Å². The molecule has 2 heterocycles. The highest BCUT2D eigenvalue weighted by atomic mass is 32.2. The van der Waals surface area contributed by atoms with E-state index in [1.54, 1.807) is 31.4 Å². The smallest absolute Gasteiger partial charge is 0.251 e. The van der Waals surface area contributed by atoms with Crippen molar-refractivity contribution in [3.05, 3.63) is 51.7 Å². The molecule has 0 radical (unpaired) electrons. The molecule has 2 aromatic heterocycles. The zero-order chi connectivity index (χ0) is 26.6. The summed E-state index contributed by atoms with van der Waals surface area (Å²) in [6.07, 6.45) is 2.87. The SMILES string of the molecule is COc1ccc(C(=O)NCc2nc(SCC(=O)Nc3sc4c(c3C#N)CCC(C(C)(C)C)C4)n[nH]2)cc1. The van der Waals surface area contributed by atoms with Gasteiger partial charge in [-0.25, -0.2) is 4.98 Å². The molecule has 0 saturated carbocycles. The number of nitrogens with one attached hydrogen (secondary N) is 3. The second-order valence-electron chi connectivity index (χ2n) is 9.94. The number of rotatable bonds is 8. The zero-order valence-electron chi connectivity index (χ0n) is 21.3. The first-order chi connectivity index (χ1) is 17.7. The molecule has 1 unspecified atom stereocenters. The van der Waals surface area contributed by atoms with Crippen LogP contribution in [0.1, 0.15) is 59.4 Å². The summed E-state index contributed by atoms with van der Waals surface area (Å²) in [6, 6.07) is 9.10. The van der Waals surface area contributed by atoms with Crippen LogP contribution in [0.3, 0.4) is 0 Å². The highest BCUT2D eigenvalue weighted by Gasteiger charge is 2.32. The molecule has 3 aromatic rings. The Balaban J connectivity index is 1.29. The quantitative estimate of drug-likeness (QED) is 0.358. The van der Waals surface area contributed by atoms with Crippen molar-refractivity contribution in [2.24, 2.45) is 11.3 Å². The van der Waals surface area contributed by atoms with Gasteiger partial charge in [0.1, 0.15) is 22.6 Å². The number of H-pyrrole nitrogens is 1. The normalized spacial score (nSPS) is 14.9. The molecule has 0 aliphatic heterocycles. The van der Waals surface area contributed by atoms with E-state index in [0.29, 0.717) is 38.8 Å². The molecule has 0 spiro atoms. The first-order valence-electron chi connectivity index (χ1n) is 12.0. The number of nitriles is 1. The molecule has 4 rings (SSSR count). The molecule has 37 heavy (non-hydrogen) atoms. The lowest BCUT2D eigenvalue weighted by atomic mass is 9.72. The third-order valence-corrected chi connectivity index (χ3v) is 8.48. The summed E-state index contributed by atoms with van der Waals surface area (Å²) in [6.45, 7) is 6.94. The molecule has 1 aliphatic rings. The fraction of sp³-hybridized carbons (Fsp3) is 0.423. The van der Waals surface area contributed by atoms with Crippen molar-refractivity contribution in [3.8, 4) is 11.8 Å². The topological polar surface area (TPSA) is 133 Å². The number of fused-ring (bicyclic) bond motifs is 1. The van der Waals surface area contributed by atoms with Crippen LogP contribution in [0.25, 0.3) is 0 Å². The molecule has 9 nitrogen and oxygen atoms in total. The minimum Gasteiger partial charge on any atom is -0.497 e. The second-order valence-corrected chi connectivity index (χ2v) is 12.0. The van der Waals surface area contributed by atoms with Crippen LogP contribution in [0.4, 0.5) is 5.00 Å². The van der Waals surface area contributed by atoms with Crippen LogP contribution in [-0.4, -0.2) is 39.9 Å². The highest BCUT2D eigenvalue weighted by molar-refractivity contribution is 7.99. The highest BCUT2D eigenvalue weighted by Crippen LogP contribution is 2.44. The van der Waals surface area contributed by atoms with E-state index >= 15 is 0 Å². The van der Waals surface area contributed by atoms with Gasteiger partial charge in [-0.15, -0.1) is 16.4 Å². The number of methoxy groups -OCH3 is 1. The Bertz CT molecular complexity index is 1320. The van der Waals surface area contributed by atoms with E-state index in [4.69, 9.17) is 4.74 Å². The first kappa shape index (κ1) is 26.7. The molecule has 1 aliphatic carbocycles. The number of carbonyl (C=O) groups is 2. The molecule has 1 aromatic carbocycles. The minimum atomic E-state index is -0.242. The molecule has 11 heteroatoms. The summed E-state index contributed by atoms with van der Waals surface area (Å²) in [5, 5.41) is 23.4. The number of anilines is 1. The van der Waals surface area contributed by atoms with E-state index in [-0.39, 0.29) is 29.5 Å². The third kappa shape index (κ3) is 6.50. The summed E-state index contributed by atoms with van der Waals surface area (Å²) in [5.41, 5.74) is 2.40. The number of thiophene rings is 1. The number of carbonyl (C=O) groups excluding carboxylic acids is 2. The number of aromatic nitrogens is 3. The van der Waals surface area contributed by atoms with Gasteiger partial charge >= 0.3 is 0 Å². The predicted octanol–water partition coefficient (Wildman–Crippen LogP) is 4.56. The van der Waals surface area contributed by atoms with Gasteiger partial charge in [-0.1, -0.05) is 32.5 Å². The van der Waals surface area contributed by atoms with Gasteiger partial charge in [0.2, 0.25) is 11.1 Å². The molecular formula is C26H30N6O3S2. The standard InChI is InChI=1S/C26H30N6O3S2/c1-26(2,3)16-7-10-18-19(12-27)24(37-20(18)11-16)30-22(33)14-36-25-29-21(31-32-25)13-28-23(34)15-5-8-17(35-4)9-6-15/h5-6,8-9,16H,7,10-11,13-14H2,1-4H3,(H,28,34)(H,30,33)(H,29,31,32). The molecule has 0 saturated heterocycles. The summed E-state index contributed by atoms with van der Waals surface area (Å²) < 4.78 is 5.10. The number of hydrogen-bond acceptors (Lipinski definition) is 8. The summed E-state index contributed by atoms with van der Waals surface area (Å²) >= 11 is 2.71. The molecule has 3 N–H and O–H groups in total. The van der Waals surface area contributed by atoms with Crippen LogP contribution in [-0.2, 0) is 24.2 Å². The monoisotopic (exact) mass is 538 g/mol. The van der Waals surface area contributed by atoms with Crippen LogP contribution in [0.15, 0.2) is 29.4 Å². The molecule has 0 bridgehead atoms. The van der Waals surface area contributed by atoms with Crippen molar-refractivity contribution in [1.82, 2.24) is 20.5 Å². The summed E-state index contributed by atoms with van der Waals surface area (Å²) in [5.74, 6) is 1.36. The average molecular weight is 539 g/mol. The number of nitrogens with zero attached hydrogens (tertiary/aromatic N) is 3. The summed E-state index contributed by atoms with van der Waals surface area (Å²) in [4.78, 5) is 30.5. The molecule has 194 valence electrons. The number of aromatic amines is 1. The Labute approximate surface area is 224 Å². The Morgan fingerprint density at radius 1 is 1.30 bits per heavy atom. The fourth-order valence-electron chi connectivity index (χ4n) is 4.25. The predicted molar refractivity (Wildman–Crippen MR) is 144 cm³/mol. The lowest BCUT2D eigenvalue weighted by Gasteiger charge is -2.33. The van der Waals surface area contributed by atoms with Crippen LogP contribution in [0.5, 0.6) is 5.75 Å². The number of thioether (sulfide) groups is 1. The summed E-state index contributed by atoms with van der Waals surface area (Å²) in [7, 11) is 1.57. The average Bonchev–Trinajstić information content (AvgIpc) is 3.48. The van der Waals surface area contributed by atoms with E-state index in [2.05, 4.69) is 52.7 Å². The van der Waals surface area contributed by atoms with E-state index in [0.717, 1.165) is 24.8 Å². The maximum atomic E-state index is 12.6. The van der Waals surface area contributed by atoms with Crippen LogP contribution in [0.2, 0.25) is 0 Å². The van der Waals surface area contributed by atoms with Gasteiger partial charge in [0.05, 0.1) is 25.0 Å². The first-order valence-corrected chi connectivity index (χ1v) is 13.8. The van der Waals surface area contributed by atoms with Gasteiger partial charge in [0, 0.05) is 10.4 Å². The van der Waals surface area contributed by atoms with E-state index < -0.39 is 0 Å². The fourth-order valence-corrected chi connectivity index (χ4v) is 6.17. The maximum absolute atomic E-state index is 12.6. The van der Waals surface area contributed by atoms with Crippen molar-refractivity contribution < 1.29 is 14.3 Å². The number of hydrogen-bond donors (Lipinski definition) is 3. The van der Waals surface area contributed by atoms with E-state index in [1.807, 2.05) is 0 Å². The van der Waals surface area contributed by atoms with Gasteiger partial charge < -0.3 is 15.4 Å². The second kappa shape index (κ2) is 11.4. The Hall–Kier alpha value is -3.36. The number of ether oxygens (including phenoxy) is 1. The Kier molecular flexibility index (Phi) is 8.19. The van der Waals surface area contributed by atoms with E-state index in [9.17, 15) is 14.9 Å². The molecule has 2 amide bonds. The third-order valence-electron chi connectivity index (χ3n) is 6.47. The van der Waals surface area contributed by atoms with Crippen LogP contribution >= 0.6 is 23.1 Å². The zero-order valence-corrected chi connectivity index (χ0v) is 22.9. The van der Waals surface area contributed by atoms with Crippen molar-refractivity contribution in [1.29, 1.82) is 5.26 Å². The lowest BCUT2D eigenvalue weighted by molar-refractivity contribution is -0.113.